The van der Waals surface area contributed by atoms with Crippen LogP contribution in [0.4, 0.5) is 0 Å². The van der Waals surface area contributed by atoms with Crippen LogP contribution >= 0.6 is 0 Å². The van der Waals surface area contributed by atoms with Gasteiger partial charge in [-0.15, -0.1) is 0 Å². The van der Waals surface area contributed by atoms with E-state index in [2.05, 4.69) is 16.7 Å². The van der Waals surface area contributed by atoms with E-state index in [4.69, 9.17) is 0 Å². The molecule has 1 aromatic rings. The molecular weight excluding hydrogens is 366 g/mol. The first kappa shape index (κ1) is 18.8. The highest BCUT2D eigenvalue weighted by Crippen LogP contribution is 2.47. The van der Waals surface area contributed by atoms with Gasteiger partial charge >= 0.3 is 0 Å². The Kier molecular flexibility index (Phi) is 4.69. The minimum Gasteiger partial charge on any atom is -0.322 e. The van der Waals surface area contributed by atoms with Gasteiger partial charge in [0, 0.05) is 30.6 Å². The number of piperidine rings is 1. The van der Waals surface area contributed by atoms with Crippen LogP contribution in [0.25, 0.3) is 0 Å². The largest absolute Gasteiger partial charge is 0.322 e. The number of hydrogen-bond acceptors (Lipinski definition) is 4. The van der Waals surface area contributed by atoms with E-state index in [1.165, 1.54) is 50.5 Å². The van der Waals surface area contributed by atoms with Crippen molar-refractivity contribution in [2.75, 3.05) is 0 Å². The number of fused-ring (bicyclic) bond motifs is 1. The van der Waals surface area contributed by atoms with Gasteiger partial charge < -0.3 is 10.2 Å². The Labute approximate surface area is 171 Å². The summed E-state index contributed by atoms with van der Waals surface area (Å²) < 4.78 is 0. The van der Waals surface area contributed by atoms with Crippen molar-refractivity contribution in [3.05, 3.63) is 34.9 Å². The van der Waals surface area contributed by atoms with E-state index >= 15 is 0 Å². The van der Waals surface area contributed by atoms with E-state index in [1.54, 1.807) is 4.90 Å². The van der Waals surface area contributed by atoms with Crippen LogP contribution < -0.4 is 10.6 Å². The maximum absolute atomic E-state index is 12.8. The van der Waals surface area contributed by atoms with Crippen LogP contribution in [0.3, 0.4) is 0 Å². The van der Waals surface area contributed by atoms with Crippen molar-refractivity contribution >= 4 is 17.7 Å². The molecule has 3 amide bonds. The Morgan fingerprint density at radius 3 is 2.59 bits per heavy atom. The normalized spacial score (nSPS) is 26.4. The zero-order chi connectivity index (χ0) is 20.0. The van der Waals surface area contributed by atoms with Crippen molar-refractivity contribution in [3.63, 3.8) is 0 Å². The number of amides is 3. The van der Waals surface area contributed by atoms with Gasteiger partial charge in [0.1, 0.15) is 6.04 Å². The summed E-state index contributed by atoms with van der Waals surface area (Å²) in [4.78, 5) is 38.1. The molecule has 6 nitrogen and oxygen atoms in total. The van der Waals surface area contributed by atoms with Gasteiger partial charge in [0.05, 0.1) is 0 Å². The molecule has 0 radical (unpaired) electrons. The van der Waals surface area contributed by atoms with Crippen molar-refractivity contribution in [1.82, 2.24) is 15.5 Å². The van der Waals surface area contributed by atoms with Gasteiger partial charge in [0.15, 0.2) is 0 Å². The van der Waals surface area contributed by atoms with Gasteiger partial charge in [-0.3, -0.25) is 19.7 Å². The van der Waals surface area contributed by atoms with Crippen molar-refractivity contribution in [3.8, 4) is 0 Å². The predicted octanol–water partition coefficient (Wildman–Crippen LogP) is 2.65. The molecule has 0 aromatic heterocycles. The third kappa shape index (κ3) is 3.48. The molecule has 2 saturated carbocycles. The zero-order valence-corrected chi connectivity index (χ0v) is 16.8. The quantitative estimate of drug-likeness (QED) is 0.752. The molecule has 6 heteroatoms. The number of imide groups is 1. The smallest absolute Gasteiger partial charge is 0.255 e. The van der Waals surface area contributed by atoms with Gasteiger partial charge in [-0.05, 0) is 55.2 Å². The molecule has 1 unspecified atom stereocenters. The monoisotopic (exact) mass is 395 g/mol. The summed E-state index contributed by atoms with van der Waals surface area (Å²) in [7, 11) is 0. The molecule has 2 heterocycles. The molecule has 0 bridgehead atoms. The average molecular weight is 396 g/mol. The fraction of sp³-hybridized carbons (Fsp3) is 0.609. The molecule has 2 aliphatic heterocycles. The number of nitrogens with one attached hydrogen (secondary N) is 2. The highest BCUT2D eigenvalue weighted by molar-refractivity contribution is 6.05. The molecule has 1 aromatic carbocycles. The molecule has 154 valence electrons. The molecule has 1 saturated heterocycles. The van der Waals surface area contributed by atoms with Gasteiger partial charge in [0.25, 0.3) is 5.91 Å². The van der Waals surface area contributed by atoms with Crippen molar-refractivity contribution in [2.24, 2.45) is 5.92 Å². The number of nitrogens with zero attached hydrogens (tertiary/aromatic N) is 1. The molecule has 3 fully saturated rings. The summed E-state index contributed by atoms with van der Waals surface area (Å²) in [5.74, 6) is 0.126. The standard InChI is InChI=1S/C23H29N3O3/c27-20-9-8-19(21(28)25-20)26-14-16-12-15(4-7-18(16)22(26)29)13-24-23(17-5-6-17)10-2-1-3-11-23/h4,7,12,17,19,24H,1-3,5-6,8-11,13-14H2,(H,25,27,28). The first-order valence-corrected chi connectivity index (χ1v) is 11.1. The summed E-state index contributed by atoms with van der Waals surface area (Å²) in [6.07, 6.45) is 9.96. The average Bonchev–Trinajstić information content (AvgIpc) is 3.53. The number of hydrogen-bond donors (Lipinski definition) is 2. The third-order valence-corrected chi connectivity index (χ3v) is 7.34. The van der Waals surface area contributed by atoms with Crippen LogP contribution in [0.15, 0.2) is 18.2 Å². The van der Waals surface area contributed by atoms with E-state index in [-0.39, 0.29) is 24.1 Å². The van der Waals surface area contributed by atoms with Crippen molar-refractivity contribution in [2.45, 2.75) is 82.5 Å². The van der Waals surface area contributed by atoms with Crippen LogP contribution in [0, 0.1) is 5.92 Å². The van der Waals surface area contributed by atoms with Gasteiger partial charge in [0.2, 0.25) is 11.8 Å². The fourth-order valence-electron chi connectivity index (χ4n) is 5.56. The first-order chi connectivity index (χ1) is 14.1. The van der Waals surface area contributed by atoms with Gasteiger partial charge in [-0.2, -0.15) is 0 Å². The van der Waals surface area contributed by atoms with Gasteiger partial charge in [-0.25, -0.2) is 0 Å². The summed E-state index contributed by atoms with van der Waals surface area (Å²) in [6.45, 7) is 1.28. The lowest BCUT2D eigenvalue weighted by atomic mass is 9.78. The third-order valence-electron chi connectivity index (χ3n) is 7.34. The topological polar surface area (TPSA) is 78.5 Å². The molecule has 29 heavy (non-hydrogen) atoms. The first-order valence-electron chi connectivity index (χ1n) is 11.1. The molecule has 5 rings (SSSR count). The van der Waals surface area contributed by atoms with E-state index in [0.29, 0.717) is 24.1 Å². The molecular formula is C23H29N3O3. The molecule has 4 aliphatic rings. The molecule has 1 atom stereocenters. The Morgan fingerprint density at radius 1 is 1.07 bits per heavy atom. The van der Waals surface area contributed by atoms with Crippen molar-refractivity contribution < 1.29 is 14.4 Å². The fourth-order valence-corrected chi connectivity index (χ4v) is 5.56. The minimum atomic E-state index is -0.547. The second kappa shape index (κ2) is 7.24. The maximum Gasteiger partial charge on any atom is 0.255 e. The van der Waals surface area contributed by atoms with Crippen LogP contribution in [0.2, 0.25) is 0 Å². The van der Waals surface area contributed by atoms with E-state index in [0.717, 1.165) is 18.0 Å². The van der Waals surface area contributed by atoms with E-state index < -0.39 is 6.04 Å². The summed E-state index contributed by atoms with van der Waals surface area (Å²) in [6, 6.07) is 5.52. The second-order valence-corrected chi connectivity index (χ2v) is 9.24. The van der Waals surface area contributed by atoms with Crippen LogP contribution in [0.5, 0.6) is 0 Å². The summed E-state index contributed by atoms with van der Waals surface area (Å²) >= 11 is 0. The maximum atomic E-state index is 12.8. The van der Waals surface area contributed by atoms with E-state index in [1.807, 2.05) is 12.1 Å². The molecule has 2 N–H and O–H groups in total. The van der Waals surface area contributed by atoms with E-state index in [9.17, 15) is 14.4 Å². The Hall–Kier alpha value is -2.21. The minimum absolute atomic E-state index is 0.101. The number of carbonyl (C=O) groups is 3. The zero-order valence-electron chi connectivity index (χ0n) is 16.8. The summed E-state index contributed by atoms with van der Waals surface area (Å²) in [5.41, 5.74) is 3.19. The van der Waals surface area contributed by atoms with Crippen LogP contribution in [-0.4, -0.2) is 34.2 Å². The van der Waals surface area contributed by atoms with Crippen LogP contribution in [-0.2, 0) is 22.7 Å². The molecule has 2 aliphatic carbocycles. The number of carbonyl (C=O) groups excluding carboxylic acids is 3. The Balaban J connectivity index is 1.28. The highest BCUT2D eigenvalue weighted by Gasteiger charge is 2.45. The lowest BCUT2D eigenvalue weighted by molar-refractivity contribution is -0.136. The van der Waals surface area contributed by atoms with Gasteiger partial charge in [-0.1, -0.05) is 31.4 Å². The Morgan fingerprint density at radius 2 is 1.86 bits per heavy atom. The highest BCUT2D eigenvalue weighted by atomic mass is 16.2. The second-order valence-electron chi connectivity index (χ2n) is 9.24. The number of rotatable bonds is 5. The van der Waals surface area contributed by atoms with Crippen molar-refractivity contribution in [1.29, 1.82) is 0 Å². The number of benzene rings is 1. The predicted molar refractivity (Wildman–Crippen MR) is 108 cm³/mol. The summed E-state index contributed by atoms with van der Waals surface area (Å²) in [5, 5.41) is 6.26. The Bertz CT molecular complexity index is 855. The lowest BCUT2D eigenvalue weighted by Crippen LogP contribution is -2.52. The SMILES string of the molecule is O=C1CCC(N2Cc3cc(CNC4(C5CC5)CCCCC4)ccc3C2=O)C(=O)N1. The lowest BCUT2D eigenvalue weighted by Gasteiger charge is -2.39. The molecule has 0 spiro atoms. The van der Waals surface area contributed by atoms with Crippen LogP contribution in [0.1, 0.15) is 79.3 Å².